The standard InChI is InChI=1S/C11H13N3O6/c1-3-20-11(15)7-12(2)9-5-4-8(13(16)17)6-10(9)14(18)19/h4-6H,3,7H2,1-2H3. The number of carbonyl (C=O) groups excluding carboxylic acids is 1. The number of non-ortho nitro benzene ring substituents is 1. The largest absolute Gasteiger partial charge is 0.465 e. The number of hydrogen-bond donors (Lipinski definition) is 0. The van der Waals surface area contributed by atoms with Gasteiger partial charge in [0, 0.05) is 13.1 Å². The smallest absolute Gasteiger partial charge is 0.325 e. The van der Waals surface area contributed by atoms with Crippen LogP contribution in [0.25, 0.3) is 0 Å². The number of nitrogens with zero attached hydrogens (tertiary/aromatic N) is 3. The molecule has 0 unspecified atom stereocenters. The summed E-state index contributed by atoms with van der Waals surface area (Å²) in [4.78, 5) is 32.8. The quantitative estimate of drug-likeness (QED) is 0.441. The molecule has 0 aliphatic rings. The van der Waals surface area contributed by atoms with Gasteiger partial charge in [0.15, 0.2) is 0 Å². The molecule has 0 radical (unpaired) electrons. The fourth-order valence-electron chi connectivity index (χ4n) is 1.58. The number of nitro groups is 2. The van der Waals surface area contributed by atoms with Crippen molar-refractivity contribution in [3.8, 4) is 0 Å². The molecule has 108 valence electrons. The SMILES string of the molecule is CCOC(=O)CN(C)c1ccc([N+](=O)[O-])cc1[N+](=O)[O-]. The second-order valence-corrected chi connectivity index (χ2v) is 3.85. The molecule has 0 heterocycles. The third-order valence-corrected chi connectivity index (χ3v) is 2.45. The molecule has 0 spiro atoms. The lowest BCUT2D eigenvalue weighted by Crippen LogP contribution is -2.27. The highest BCUT2D eigenvalue weighted by Gasteiger charge is 2.23. The van der Waals surface area contributed by atoms with E-state index in [2.05, 4.69) is 0 Å². The Morgan fingerprint density at radius 1 is 1.30 bits per heavy atom. The third kappa shape index (κ3) is 3.64. The first kappa shape index (κ1) is 15.3. The highest BCUT2D eigenvalue weighted by Crippen LogP contribution is 2.31. The molecule has 0 amide bonds. The fourth-order valence-corrected chi connectivity index (χ4v) is 1.58. The van der Waals surface area contributed by atoms with Crippen LogP contribution in [0.15, 0.2) is 18.2 Å². The van der Waals surface area contributed by atoms with E-state index in [1.807, 2.05) is 0 Å². The fraction of sp³-hybridized carbons (Fsp3) is 0.364. The van der Waals surface area contributed by atoms with Crippen LogP contribution in [0.4, 0.5) is 17.1 Å². The van der Waals surface area contributed by atoms with Crippen molar-refractivity contribution in [3.63, 3.8) is 0 Å². The highest BCUT2D eigenvalue weighted by atomic mass is 16.6. The number of likely N-dealkylation sites (N-methyl/N-ethyl adjacent to an activating group) is 1. The van der Waals surface area contributed by atoms with Gasteiger partial charge in [-0.3, -0.25) is 25.0 Å². The van der Waals surface area contributed by atoms with Gasteiger partial charge in [0.25, 0.3) is 11.4 Å². The molecule has 1 aromatic rings. The number of hydrogen-bond acceptors (Lipinski definition) is 7. The van der Waals surface area contributed by atoms with Crippen LogP contribution in [0.1, 0.15) is 6.92 Å². The minimum absolute atomic E-state index is 0.105. The molecule has 0 aliphatic carbocycles. The maximum atomic E-state index is 11.3. The predicted octanol–water partition coefficient (Wildman–Crippen LogP) is 1.50. The molecule has 0 aromatic heterocycles. The molecule has 0 atom stereocenters. The zero-order valence-electron chi connectivity index (χ0n) is 10.9. The maximum absolute atomic E-state index is 11.3. The van der Waals surface area contributed by atoms with E-state index < -0.39 is 21.5 Å². The topological polar surface area (TPSA) is 116 Å². The lowest BCUT2D eigenvalue weighted by atomic mass is 10.2. The molecule has 0 fully saturated rings. The lowest BCUT2D eigenvalue weighted by Gasteiger charge is -2.17. The summed E-state index contributed by atoms with van der Waals surface area (Å²) in [6, 6.07) is 3.23. The van der Waals surface area contributed by atoms with E-state index >= 15 is 0 Å². The first-order valence-corrected chi connectivity index (χ1v) is 5.66. The van der Waals surface area contributed by atoms with Crippen LogP contribution < -0.4 is 4.90 Å². The Bertz CT molecular complexity index is 545. The van der Waals surface area contributed by atoms with E-state index in [4.69, 9.17) is 4.74 Å². The zero-order chi connectivity index (χ0) is 15.3. The van der Waals surface area contributed by atoms with Gasteiger partial charge in [0.05, 0.1) is 22.5 Å². The van der Waals surface area contributed by atoms with E-state index in [1.54, 1.807) is 6.92 Å². The van der Waals surface area contributed by atoms with Crippen molar-refractivity contribution in [1.82, 2.24) is 0 Å². The summed E-state index contributed by atoms with van der Waals surface area (Å²) < 4.78 is 4.74. The Balaban J connectivity index is 3.07. The molecule has 9 heteroatoms. The molecule has 1 rings (SSSR count). The lowest BCUT2D eigenvalue weighted by molar-refractivity contribution is -0.393. The molecule has 0 bridgehead atoms. The van der Waals surface area contributed by atoms with Crippen LogP contribution in [-0.4, -0.2) is 36.0 Å². The van der Waals surface area contributed by atoms with Crippen molar-refractivity contribution < 1.29 is 19.4 Å². The van der Waals surface area contributed by atoms with Crippen molar-refractivity contribution in [2.75, 3.05) is 25.1 Å². The Morgan fingerprint density at radius 3 is 2.45 bits per heavy atom. The van der Waals surface area contributed by atoms with Crippen LogP contribution >= 0.6 is 0 Å². The average Bonchev–Trinajstić information content (AvgIpc) is 2.37. The normalized spacial score (nSPS) is 9.90. The molecule has 0 saturated heterocycles. The van der Waals surface area contributed by atoms with Gasteiger partial charge in [-0.25, -0.2) is 0 Å². The number of nitro benzene ring substituents is 2. The molecule has 1 aromatic carbocycles. The van der Waals surface area contributed by atoms with Gasteiger partial charge >= 0.3 is 5.97 Å². The molecule has 0 aliphatic heterocycles. The Labute approximate surface area is 114 Å². The Kier molecular flexibility index (Phi) is 4.95. The van der Waals surface area contributed by atoms with Gasteiger partial charge in [-0.05, 0) is 13.0 Å². The van der Waals surface area contributed by atoms with Crippen LogP contribution in [-0.2, 0) is 9.53 Å². The molecule has 0 N–H and O–H groups in total. The van der Waals surface area contributed by atoms with E-state index in [0.717, 1.165) is 12.1 Å². The summed E-state index contributed by atoms with van der Waals surface area (Å²) in [6.07, 6.45) is 0. The summed E-state index contributed by atoms with van der Waals surface area (Å²) in [5.74, 6) is -0.539. The van der Waals surface area contributed by atoms with E-state index in [-0.39, 0.29) is 24.5 Å². The van der Waals surface area contributed by atoms with E-state index in [0.29, 0.717) is 0 Å². The summed E-state index contributed by atoms with van der Waals surface area (Å²) in [6.45, 7) is 1.66. The number of ether oxygens (including phenoxy) is 1. The second-order valence-electron chi connectivity index (χ2n) is 3.85. The van der Waals surface area contributed by atoms with Gasteiger partial charge in [0.2, 0.25) is 0 Å². The molecule has 9 nitrogen and oxygen atoms in total. The van der Waals surface area contributed by atoms with Crippen molar-refractivity contribution in [3.05, 3.63) is 38.4 Å². The van der Waals surface area contributed by atoms with Crippen molar-refractivity contribution in [2.45, 2.75) is 6.92 Å². The molecular weight excluding hydrogens is 270 g/mol. The Hall–Kier alpha value is -2.71. The number of rotatable bonds is 6. The highest BCUT2D eigenvalue weighted by molar-refractivity contribution is 5.78. The first-order chi connectivity index (χ1) is 9.36. The minimum atomic E-state index is -0.732. The first-order valence-electron chi connectivity index (χ1n) is 5.66. The van der Waals surface area contributed by atoms with Crippen molar-refractivity contribution >= 4 is 23.0 Å². The zero-order valence-corrected chi connectivity index (χ0v) is 10.9. The maximum Gasteiger partial charge on any atom is 0.325 e. The summed E-state index contributed by atoms with van der Waals surface area (Å²) >= 11 is 0. The number of benzene rings is 1. The van der Waals surface area contributed by atoms with E-state index in [1.165, 1.54) is 18.0 Å². The van der Waals surface area contributed by atoms with Crippen molar-refractivity contribution in [2.24, 2.45) is 0 Å². The number of esters is 1. The Morgan fingerprint density at radius 2 is 1.95 bits per heavy atom. The molecule has 20 heavy (non-hydrogen) atoms. The van der Waals surface area contributed by atoms with Gasteiger partial charge in [-0.1, -0.05) is 0 Å². The van der Waals surface area contributed by atoms with Gasteiger partial charge in [-0.2, -0.15) is 0 Å². The van der Waals surface area contributed by atoms with Crippen LogP contribution in [0, 0.1) is 20.2 Å². The van der Waals surface area contributed by atoms with E-state index in [9.17, 15) is 25.0 Å². The summed E-state index contributed by atoms with van der Waals surface area (Å²) in [5, 5.41) is 21.6. The monoisotopic (exact) mass is 283 g/mol. The van der Waals surface area contributed by atoms with Gasteiger partial charge in [-0.15, -0.1) is 0 Å². The van der Waals surface area contributed by atoms with Crippen molar-refractivity contribution in [1.29, 1.82) is 0 Å². The third-order valence-electron chi connectivity index (χ3n) is 2.45. The number of anilines is 1. The average molecular weight is 283 g/mol. The summed E-state index contributed by atoms with van der Waals surface area (Å²) in [7, 11) is 1.46. The van der Waals surface area contributed by atoms with Crippen LogP contribution in [0.3, 0.4) is 0 Å². The van der Waals surface area contributed by atoms with Crippen LogP contribution in [0.5, 0.6) is 0 Å². The predicted molar refractivity (Wildman–Crippen MR) is 69.7 cm³/mol. The minimum Gasteiger partial charge on any atom is -0.465 e. The molecular formula is C11H13N3O6. The second kappa shape index (κ2) is 6.45. The van der Waals surface area contributed by atoms with Gasteiger partial charge < -0.3 is 9.64 Å². The summed E-state index contributed by atoms with van der Waals surface area (Å²) in [5.41, 5.74) is -0.718. The van der Waals surface area contributed by atoms with Crippen LogP contribution in [0.2, 0.25) is 0 Å². The number of carbonyl (C=O) groups is 1. The van der Waals surface area contributed by atoms with Gasteiger partial charge in [0.1, 0.15) is 12.2 Å². The molecule has 0 saturated carbocycles.